The average molecular weight is 470 g/mol. The van der Waals surface area contributed by atoms with Gasteiger partial charge in [-0.05, 0) is 66.1 Å². The number of hydrogen-bond acceptors (Lipinski definition) is 3. The van der Waals surface area contributed by atoms with E-state index in [1.54, 1.807) is 24.3 Å². The Bertz CT molecular complexity index is 1140. The van der Waals surface area contributed by atoms with E-state index < -0.39 is 28.8 Å². The molecule has 0 heterocycles. The first-order valence-corrected chi connectivity index (χ1v) is 10.7. The molecule has 0 aromatic heterocycles. The van der Waals surface area contributed by atoms with Crippen molar-refractivity contribution >= 4 is 17.5 Å². The molecule has 2 amide bonds. The van der Waals surface area contributed by atoms with E-state index in [1.165, 1.54) is 29.2 Å². The maximum absolute atomic E-state index is 13.7. The van der Waals surface area contributed by atoms with Crippen LogP contribution in [0.5, 0.6) is 0 Å². The van der Waals surface area contributed by atoms with Gasteiger partial charge in [-0.1, -0.05) is 26.0 Å². The molecule has 0 bridgehead atoms. The van der Waals surface area contributed by atoms with Gasteiger partial charge in [0, 0.05) is 36.0 Å². The predicted molar refractivity (Wildman–Crippen MR) is 125 cm³/mol. The van der Waals surface area contributed by atoms with E-state index in [9.17, 15) is 22.8 Å². The molecule has 5 nitrogen and oxygen atoms in total. The number of anilines is 1. The van der Waals surface area contributed by atoms with Crippen molar-refractivity contribution in [1.82, 2.24) is 4.90 Å². The number of nitrogens with two attached hydrogens (primary N) is 1. The smallest absolute Gasteiger partial charge is 0.255 e. The summed E-state index contributed by atoms with van der Waals surface area (Å²) in [6, 6.07) is 14.7. The molecule has 0 unspecified atom stereocenters. The van der Waals surface area contributed by atoms with Gasteiger partial charge in [0.05, 0.1) is 0 Å². The second kappa shape index (κ2) is 10.5. The highest BCUT2D eigenvalue weighted by Gasteiger charge is 2.25. The Morgan fingerprint density at radius 3 is 2.00 bits per heavy atom. The average Bonchev–Trinajstić information content (AvgIpc) is 2.79. The zero-order valence-electron chi connectivity index (χ0n) is 18.9. The number of hydrogen-bond donors (Lipinski definition) is 2. The molecule has 0 saturated heterocycles. The van der Waals surface area contributed by atoms with Crippen molar-refractivity contribution < 1.29 is 22.8 Å². The SMILES string of the molecule is CC(C)(CN)CN(Cc1ccc(NC(=O)c2ccc(F)cc2)cc1)C(=O)c1cc(F)cc(F)c1. The molecule has 0 saturated carbocycles. The topological polar surface area (TPSA) is 75.4 Å². The summed E-state index contributed by atoms with van der Waals surface area (Å²) in [5, 5.41) is 2.72. The number of halogens is 3. The quantitative estimate of drug-likeness (QED) is 0.488. The van der Waals surface area contributed by atoms with Crippen LogP contribution in [0.2, 0.25) is 0 Å². The first-order chi connectivity index (χ1) is 16.1. The fourth-order valence-electron chi connectivity index (χ4n) is 3.36. The first-order valence-electron chi connectivity index (χ1n) is 10.7. The maximum atomic E-state index is 13.7. The molecule has 3 aromatic rings. The number of amides is 2. The van der Waals surface area contributed by atoms with Crippen molar-refractivity contribution in [2.24, 2.45) is 11.1 Å². The first kappa shape index (κ1) is 25.0. The van der Waals surface area contributed by atoms with Gasteiger partial charge in [0.15, 0.2) is 0 Å². The number of rotatable bonds is 8. The van der Waals surface area contributed by atoms with E-state index in [-0.39, 0.29) is 24.6 Å². The van der Waals surface area contributed by atoms with Crippen LogP contribution in [0.25, 0.3) is 0 Å². The number of carbonyl (C=O) groups excluding carboxylic acids is 2. The zero-order chi connectivity index (χ0) is 24.9. The molecular formula is C26H26F3N3O2. The summed E-state index contributed by atoms with van der Waals surface area (Å²) >= 11 is 0. The van der Waals surface area contributed by atoms with Gasteiger partial charge >= 0.3 is 0 Å². The Morgan fingerprint density at radius 1 is 0.853 bits per heavy atom. The third kappa shape index (κ3) is 6.68. The van der Waals surface area contributed by atoms with Crippen molar-refractivity contribution in [1.29, 1.82) is 0 Å². The molecule has 3 rings (SSSR count). The number of nitrogens with one attached hydrogen (secondary N) is 1. The van der Waals surface area contributed by atoms with Gasteiger partial charge in [-0.25, -0.2) is 13.2 Å². The Labute approximate surface area is 196 Å². The summed E-state index contributed by atoms with van der Waals surface area (Å²) in [5.74, 6) is -3.00. The van der Waals surface area contributed by atoms with E-state index in [2.05, 4.69) is 5.32 Å². The van der Waals surface area contributed by atoms with Crippen molar-refractivity contribution in [3.05, 3.63) is 101 Å². The van der Waals surface area contributed by atoms with Crippen LogP contribution in [0.4, 0.5) is 18.9 Å². The second-order valence-electron chi connectivity index (χ2n) is 8.85. The van der Waals surface area contributed by atoms with Gasteiger partial charge in [-0.15, -0.1) is 0 Å². The standard InChI is InChI=1S/C26H26F3N3O2/c1-26(2,15-30)16-32(25(34)19-11-21(28)13-22(29)12-19)14-17-3-9-23(10-4-17)31-24(33)18-5-7-20(27)8-6-18/h3-13H,14-16,30H2,1-2H3,(H,31,33). The zero-order valence-corrected chi connectivity index (χ0v) is 18.9. The minimum absolute atomic E-state index is 0.0893. The van der Waals surface area contributed by atoms with E-state index in [0.717, 1.165) is 17.7 Å². The summed E-state index contributed by atoms with van der Waals surface area (Å²) in [6.07, 6.45) is 0. The number of benzene rings is 3. The fourth-order valence-corrected chi connectivity index (χ4v) is 3.36. The lowest BCUT2D eigenvalue weighted by atomic mass is 9.92. The van der Waals surface area contributed by atoms with Gasteiger partial charge in [0.2, 0.25) is 0 Å². The van der Waals surface area contributed by atoms with Crippen LogP contribution in [0.1, 0.15) is 40.1 Å². The van der Waals surface area contributed by atoms with Crippen LogP contribution in [0, 0.1) is 22.9 Å². The van der Waals surface area contributed by atoms with Gasteiger partial charge < -0.3 is 16.0 Å². The van der Waals surface area contributed by atoms with Gasteiger partial charge in [0.1, 0.15) is 17.5 Å². The summed E-state index contributed by atoms with van der Waals surface area (Å²) in [4.78, 5) is 26.9. The molecule has 34 heavy (non-hydrogen) atoms. The summed E-state index contributed by atoms with van der Waals surface area (Å²) in [7, 11) is 0. The molecule has 3 N–H and O–H groups in total. The number of nitrogens with zero attached hydrogens (tertiary/aromatic N) is 1. The molecule has 0 radical (unpaired) electrons. The Balaban J connectivity index is 1.77. The molecule has 0 aliphatic heterocycles. The van der Waals surface area contributed by atoms with Crippen LogP contribution in [0.3, 0.4) is 0 Å². The van der Waals surface area contributed by atoms with Gasteiger partial charge in [0.25, 0.3) is 11.8 Å². The van der Waals surface area contributed by atoms with Gasteiger partial charge in [-0.3, -0.25) is 9.59 Å². The van der Waals surface area contributed by atoms with E-state index >= 15 is 0 Å². The maximum Gasteiger partial charge on any atom is 0.255 e. The molecule has 178 valence electrons. The predicted octanol–water partition coefficient (Wildman–Crippen LogP) is 4.98. The molecule has 0 atom stereocenters. The third-order valence-electron chi connectivity index (χ3n) is 5.26. The molecule has 3 aromatic carbocycles. The molecule has 0 fully saturated rings. The van der Waals surface area contributed by atoms with Crippen LogP contribution < -0.4 is 11.1 Å². The Hall–Kier alpha value is -3.65. The molecule has 0 spiro atoms. The Kier molecular flexibility index (Phi) is 7.73. The Morgan fingerprint density at radius 2 is 1.44 bits per heavy atom. The van der Waals surface area contributed by atoms with Gasteiger partial charge in [-0.2, -0.15) is 0 Å². The third-order valence-corrected chi connectivity index (χ3v) is 5.26. The van der Waals surface area contributed by atoms with Crippen molar-refractivity contribution in [3.8, 4) is 0 Å². The van der Waals surface area contributed by atoms with Crippen LogP contribution in [0.15, 0.2) is 66.7 Å². The van der Waals surface area contributed by atoms with Crippen molar-refractivity contribution in [2.45, 2.75) is 20.4 Å². The normalized spacial score (nSPS) is 11.2. The molecule has 0 aliphatic rings. The van der Waals surface area contributed by atoms with E-state index in [1.807, 2.05) is 13.8 Å². The van der Waals surface area contributed by atoms with E-state index in [0.29, 0.717) is 23.9 Å². The highest BCUT2D eigenvalue weighted by Crippen LogP contribution is 2.21. The summed E-state index contributed by atoms with van der Waals surface area (Å²) in [6.45, 7) is 4.54. The number of carbonyl (C=O) groups is 2. The minimum atomic E-state index is -0.831. The highest BCUT2D eigenvalue weighted by molar-refractivity contribution is 6.04. The largest absolute Gasteiger partial charge is 0.334 e. The van der Waals surface area contributed by atoms with Crippen molar-refractivity contribution in [2.75, 3.05) is 18.4 Å². The summed E-state index contributed by atoms with van der Waals surface area (Å²) in [5.41, 5.74) is 6.90. The van der Waals surface area contributed by atoms with Crippen molar-refractivity contribution in [3.63, 3.8) is 0 Å². The molecule has 8 heteroatoms. The monoisotopic (exact) mass is 469 g/mol. The molecule has 0 aliphatic carbocycles. The lowest BCUT2D eigenvalue weighted by Gasteiger charge is -2.32. The van der Waals surface area contributed by atoms with Crippen LogP contribution in [-0.2, 0) is 6.54 Å². The van der Waals surface area contributed by atoms with Crippen LogP contribution in [-0.4, -0.2) is 29.8 Å². The van der Waals surface area contributed by atoms with Crippen LogP contribution >= 0.6 is 0 Å². The lowest BCUT2D eigenvalue weighted by Crippen LogP contribution is -2.41. The highest BCUT2D eigenvalue weighted by atomic mass is 19.1. The lowest BCUT2D eigenvalue weighted by molar-refractivity contribution is 0.0672. The second-order valence-corrected chi connectivity index (χ2v) is 8.85. The fraction of sp³-hybridized carbons (Fsp3) is 0.231. The summed E-state index contributed by atoms with van der Waals surface area (Å²) < 4.78 is 40.4. The minimum Gasteiger partial charge on any atom is -0.334 e. The van der Waals surface area contributed by atoms with E-state index in [4.69, 9.17) is 5.73 Å². The molecular weight excluding hydrogens is 443 g/mol.